The Kier molecular flexibility index (Phi) is 5.05. The molecule has 0 aliphatic heterocycles. The molecule has 0 aliphatic rings. The average molecular weight is 464 g/mol. The molecule has 3 aromatic heterocycles. The van der Waals surface area contributed by atoms with E-state index in [0.29, 0.717) is 0 Å². The minimum Gasteiger partial charge on any atom is -0.392 e. The predicted molar refractivity (Wildman–Crippen MR) is 138 cm³/mol. The summed E-state index contributed by atoms with van der Waals surface area (Å²) in [4.78, 5) is 13.6. The smallest absolute Gasteiger partial charge is 0.141 e. The Hall–Kier alpha value is -4.07. The summed E-state index contributed by atoms with van der Waals surface area (Å²) in [6.07, 6.45) is 3.62. The number of aryl methyl sites for hydroxylation is 1. The van der Waals surface area contributed by atoms with Crippen LogP contribution in [0.2, 0.25) is 0 Å². The van der Waals surface area contributed by atoms with Gasteiger partial charge in [0.1, 0.15) is 12.1 Å². The molecule has 6 aromatic rings. The van der Waals surface area contributed by atoms with E-state index in [1.54, 1.807) is 17.7 Å². The van der Waals surface area contributed by atoms with Crippen LogP contribution in [-0.4, -0.2) is 24.6 Å². The maximum Gasteiger partial charge on any atom is 0.141 e. The lowest BCUT2D eigenvalue weighted by Gasteiger charge is -2.15. The molecule has 6 nitrogen and oxygen atoms in total. The lowest BCUT2D eigenvalue weighted by molar-refractivity contribution is 0.282. The van der Waals surface area contributed by atoms with Crippen molar-refractivity contribution in [2.24, 2.45) is 7.05 Å². The molecule has 0 fully saturated rings. The van der Waals surface area contributed by atoms with Crippen LogP contribution in [-0.2, 0) is 13.7 Å². The summed E-state index contributed by atoms with van der Waals surface area (Å²) >= 11 is 1.63. The van der Waals surface area contributed by atoms with Gasteiger partial charge in [0.05, 0.1) is 27.9 Å². The first kappa shape index (κ1) is 20.5. The highest BCUT2D eigenvalue weighted by Gasteiger charge is 2.15. The third-order valence-corrected chi connectivity index (χ3v) is 6.82. The number of benzene rings is 3. The fraction of sp³-hybridized carbons (Fsp3) is 0.0741. The van der Waals surface area contributed by atoms with Gasteiger partial charge in [0.15, 0.2) is 0 Å². The Morgan fingerprint density at radius 1 is 0.912 bits per heavy atom. The molecule has 2 N–H and O–H groups in total. The zero-order valence-electron chi connectivity index (χ0n) is 18.4. The number of hydrogen-bond acceptors (Lipinski definition) is 6. The standard InChI is InChI=1S/C27H21N5OS/c1-32-9-3-6-25(32)21-12-22-23(13-20(21)18-5-2-4-17(10-18)14-33)28-15-29-27(22)31-19-7-8-26-24(11-19)30-16-34-26/h2-13,15-16,33H,14H2,1H3,(H,28,29,31). The van der Waals surface area contributed by atoms with Crippen LogP contribution in [0.5, 0.6) is 0 Å². The molecule has 0 atom stereocenters. The van der Waals surface area contributed by atoms with E-state index in [-0.39, 0.29) is 6.61 Å². The van der Waals surface area contributed by atoms with E-state index in [4.69, 9.17) is 0 Å². The Morgan fingerprint density at radius 3 is 2.71 bits per heavy atom. The molecule has 0 saturated carbocycles. The topological polar surface area (TPSA) is 75.9 Å². The second kappa shape index (κ2) is 8.37. The van der Waals surface area contributed by atoms with Crippen molar-refractivity contribution in [2.45, 2.75) is 6.61 Å². The first-order valence-corrected chi connectivity index (χ1v) is 11.8. The van der Waals surface area contributed by atoms with Crippen molar-refractivity contribution in [1.29, 1.82) is 0 Å². The van der Waals surface area contributed by atoms with Gasteiger partial charge in [-0.1, -0.05) is 18.2 Å². The van der Waals surface area contributed by atoms with Gasteiger partial charge in [0.25, 0.3) is 0 Å². The molecule has 0 spiro atoms. The molecule has 0 saturated heterocycles. The van der Waals surface area contributed by atoms with Crippen molar-refractivity contribution in [3.63, 3.8) is 0 Å². The second-order valence-corrected chi connectivity index (χ2v) is 9.05. The molecular formula is C27H21N5OS. The molecule has 3 heterocycles. The number of nitrogens with one attached hydrogen (secondary N) is 1. The Labute approximate surface area is 200 Å². The molecule has 7 heteroatoms. The van der Waals surface area contributed by atoms with E-state index in [1.807, 2.05) is 55.2 Å². The Balaban J connectivity index is 1.54. The maximum absolute atomic E-state index is 9.67. The number of thiazole rings is 1. The summed E-state index contributed by atoms with van der Waals surface area (Å²) in [7, 11) is 2.04. The molecule has 166 valence electrons. The Bertz CT molecular complexity index is 1650. The normalized spacial score (nSPS) is 11.4. The van der Waals surface area contributed by atoms with Crippen LogP contribution in [0, 0.1) is 0 Å². The summed E-state index contributed by atoms with van der Waals surface area (Å²) in [5.74, 6) is 0.741. The molecule has 0 amide bonds. The molecule has 3 aromatic carbocycles. The highest BCUT2D eigenvalue weighted by atomic mass is 32.1. The van der Waals surface area contributed by atoms with Crippen LogP contribution in [0.25, 0.3) is 43.5 Å². The monoisotopic (exact) mass is 463 g/mol. The highest BCUT2D eigenvalue weighted by Crippen LogP contribution is 2.37. The van der Waals surface area contributed by atoms with Crippen LogP contribution in [0.15, 0.2) is 84.8 Å². The zero-order chi connectivity index (χ0) is 23.1. The summed E-state index contributed by atoms with van der Waals surface area (Å²) in [5, 5.41) is 14.1. The van der Waals surface area contributed by atoms with Crippen LogP contribution in [0.1, 0.15) is 5.56 Å². The van der Waals surface area contributed by atoms with Crippen molar-refractivity contribution in [1.82, 2.24) is 19.5 Å². The van der Waals surface area contributed by atoms with Crippen molar-refractivity contribution in [3.8, 4) is 22.4 Å². The van der Waals surface area contributed by atoms with Gasteiger partial charge in [-0.05, 0) is 65.2 Å². The fourth-order valence-electron chi connectivity index (χ4n) is 4.30. The molecule has 0 radical (unpaired) electrons. The van der Waals surface area contributed by atoms with Crippen molar-refractivity contribution in [2.75, 3.05) is 5.32 Å². The van der Waals surface area contributed by atoms with E-state index in [0.717, 1.165) is 60.6 Å². The van der Waals surface area contributed by atoms with Gasteiger partial charge in [-0.2, -0.15) is 0 Å². The van der Waals surface area contributed by atoms with Gasteiger partial charge in [-0.3, -0.25) is 0 Å². The maximum atomic E-state index is 9.67. The molecular weight excluding hydrogens is 442 g/mol. The van der Waals surface area contributed by atoms with E-state index in [9.17, 15) is 5.11 Å². The third kappa shape index (κ3) is 3.61. The van der Waals surface area contributed by atoms with Crippen molar-refractivity contribution in [3.05, 3.63) is 90.3 Å². The van der Waals surface area contributed by atoms with Gasteiger partial charge in [0.2, 0.25) is 0 Å². The number of anilines is 2. The zero-order valence-corrected chi connectivity index (χ0v) is 19.3. The summed E-state index contributed by atoms with van der Waals surface area (Å²) < 4.78 is 3.26. The number of hydrogen-bond donors (Lipinski definition) is 2. The Morgan fingerprint density at radius 2 is 1.85 bits per heavy atom. The lowest BCUT2D eigenvalue weighted by Crippen LogP contribution is -1.99. The van der Waals surface area contributed by atoms with E-state index in [1.165, 1.54) is 0 Å². The summed E-state index contributed by atoms with van der Waals surface area (Å²) in [6.45, 7) is 0.000474. The SMILES string of the molecule is Cn1cccc1-c1cc2c(Nc3ccc4scnc4c3)ncnc2cc1-c1cccc(CO)c1. The van der Waals surface area contributed by atoms with Gasteiger partial charge >= 0.3 is 0 Å². The van der Waals surface area contributed by atoms with Crippen LogP contribution in [0.3, 0.4) is 0 Å². The molecule has 0 bridgehead atoms. The third-order valence-electron chi connectivity index (χ3n) is 6.01. The van der Waals surface area contributed by atoms with Crippen molar-refractivity contribution >= 4 is 44.0 Å². The minimum atomic E-state index is 0.000474. The van der Waals surface area contributed by atoms with Crippen LogP contribution in [0.4, 0.5) is 11.5 Å². The number of fused-ring (bicyclic) bond motifs is 2. The quantitative estimate of drug-likeness (QED) is 0.321. The number of aliphatic hydroxyl groups is 1. The van der Waals surface area contributed by atoms with E-state index < -0.39 is 0 Å². The number of aliphatic hydroxyl groups excluding tert-OH is 1. The number of aromatic nitrogens is 4. The van der Waals surface area contributed by atoms with Gasteiger partial charge in [0, 0.05) is 35.6 Å². The molecule has 0 unspecified atom stereocenters. The molecule has 6 rings (SSSR count). The highest BCUT2D eigenvalue weighted by molar-refractivity contribution is 7.16. The number of rotatable bonds is 5. The minimum absolute atomic E-state index is 0.000474. The molecule has 34 heavy (non-hydrogen) atoms. The largest absolute Gasteiger partial charge is 0.392 e. The second-order valence-electron chi connectivity index (χ2n) is 8.16. The van der Waals surface area contributed by atoms with E-state index in [2.05, 4.69) is 55.2 Å². The number of nitrogens with zero attached hydrogens (tertiary/aromatic N) is 4. The van der Waals surface area contributed by atoms with Gasteiger partial charge < -0.3 is 15.0 Å². The predicted octanol–water partition coefficient (Wildman–Crippen LogP) is 6.15. The average Bonchev–Trinajstić information content (AvgIpc) is 3.52. The van der Waals surface area contributed by atoms with Gasteiger partial charge in [-0.15, -0.1) is 11.3 Å². The first-order chi connectivity index (χ1) is 16.7. The lowest BCUT2D eigenvalue weighted by atomic mass is 9.94. The summed E-state index contributed by atoms with van der Waals surface area (Å²) in [5.41, 5.74) is 9.71. The van der Waals surface area contributed by atoms with Crippen LogP contribution < -0.4 is 5.32 Å². The first-order valence-electron chi connectivity index (χ1n) is 10.9. The van der Waals surface area contributed by atoms with Crippen molar-refractivity contribution < 1.29 is 5.11 Å². The van der Waals surface area contributed by atoms with Gasteiger partial charge in [-0.25, -0.2) is 15.0 Å². The fourth-order valence-corrected chi connectivity index (χ4v) is 4.96. The summed E-state index contributed by atoms with van der Waals surface area (Å²) in [6, 6.07) is 22.5. The molecule has 0 aliphatic carbocycles. The van der Waals surface area contributed by atoms with Crippen LogP contribution >= 0.6 is 11.3 Å². The van der Waals surface area contributed by atoms with E-state index >= 15 is 0 Å².